The first-order valence-corrected chi connectivity index (χ1v) is 24.6. The molecule has 5 nitrogen and oxygen atoms in total. The molecule has 0 heterocycles. The van der Waals surface area contributed by atoms with Crippen molar-refractivity contribution < 1.29 is 9.47 Å². The second kappa shape index (κ2) is 18.8. The van der Waals surface area contributed by atoms with Crippen molar-refractivity contribution in [2.75, 3.05) is 14.7 Å². The Hall–Kier alpha value is -9.84. The number of nitrogens with zero attached hydrogens (tertiary/aromatic N) is 3. The molecular formula is C68H47N3O2. The van der Waals surface area contributed by atoms with E-state index in [1.807, 2.05) is 48.5 Å². The third-order valence-electron chi connectivity index (χ3n) is 13.6. The number of rotatable bonds is 13. The number of para-hydroxylation sites is 4. The smallest absolute Gasteiger partial charge is 0.129 e. The van der Waals surface area contributed by atoms with E-state index in [4.69, 9.17) is 9.47 Å². The molecule has 0 saturated heterocycles. The van der Waals surface area contributed by atoms with Crippen LogP contribution in [0.15, 0.2) is 285 Å². The first-order valence-electron chi connectivity index (χ1n) is 24.6. The number of benzene rings is 13. The third-order valence-corrected chi connectivity index (χ3v) is 13.6. The second-order valence-corrected chi connectivity index (χ2v) is 18.1. The van der Waals surface area contributed by atoms with Crippen LogP contribution < -0.4 is 24.2 Å². The maximum atomic E-state index is 6.84. The van der Waals surface area contributed by atoms with Crippen molar-refractivity contribution in [3.05, 3.63) is 285 Å². The lowest BCUT2D eigenvalue weighted by Crippen LogP contribution is -2.11. The maximum absolute atomic E-state index is 6.84. The van der Waals surface area contributed by atoms with E-state index in [1.165, 1.54) is 37.7 Å². The molecule has 73 heavy (non-hydrogen) atoms. The Kier molecular flexibility index (Phi) is 11.1. The van der Waals surface area contributed by atoms with Crippen LogP contribution in [0.3, 0.4) is 0 Å². The zero-order chi connectivity index (χ0) is 48.5. The summed E-state index contributed by atoms with van der Waals surface area (Å²) < 4.78 is 13.7. The molecule has 0 radical (unpaired) electrons. The summed E-state index contributed by atoms with van der Waals surface area (Å²) in [5, 5.41) is 9.87. The summed E-state index contributed by atoms with van der Waals surface area (Å²) in [7, 11) is 0. The van der Waals surface area contributed by atoms with E-state index in [-0.39, 0.29) is 0 Å². The van der Waals surface area contributed by atoms with Crippen molar-refractivity contribution in [3.8, 4) is 23.0 Å². The van der Waals surface area contributed by atoms with Crippen LogP contribution in [0.1, 0.15) is 0 Å². The molecule has 5 heteroatoms. The van der Waals surface area contributed by atoms with Crippen LogP contribution in [-0.4, -0.2) is 0 Å². The Morgan fingerprint density at radius 1 is 0.205 bits per heavy atom. The monoisotopic (exact) mass is 937 g/mol. The first-order chi connectivity index (χ1) is 36.2. The van der Waals surface area contributed by atoms with Crippen LogP contribution in [0.25, 0.3) is 43.1 Å². The molecule has 0 fully saturated rings. The molecule has 0 amide bonds. The minimum absolute atomic E-state index is 0.708. The Morgan fingerprint density at radius 3 is 0.904 bits per heavy atom. The van der Waals surface area contributed by atoms with Gasteiger partial charge in [0.15, 0.2) is 0 Å². The minimum atomic E-state index is 0.708. The molecule has 0 aliphatic heterocycles. The molecule has 0 spiro atoms. The third kappa shape index (κ3) is 8.25. The average molecular weight is 938 g/mol. The number of fused-ring (bicyclic) bond motifs is 2. The Labute approximate surface area is 424 Å². The molecule has 0 saturated carbocycles. The molecular weight excluding hydrogens is 891 g/mol. The van der Waals surface area contributed by atoms with Crippen molar-refractivity contribution in [1.82, 2.24) is 0 Å². The van der Waals surface area contributed by atoms with Crippen LogP contribution in [-0.2, 0) is 0 Å². The van der Waals surface area contributed by atoms with Gasteiger partial charge in [-0.2, -0.15) is 0 Å². The molecule has 0 atom stereocenters. The van der Waals surface area contributed by atoms with E-state index in [2.05, 4.69) is 251 Å². The Bertz CT molecular complexity index is 3750. The lowest BCUT2D eigenvalue weighted by Gasteiger charge is -2.28. The molecule has 346 valence electrons. The van der Waals surface area contributed by atoms with Crippen molar-refractivity contribution in [3.63, 3.8) is 0 Å². The number of ether oxygens (including phenoxy) is 2. The van der Waals surface area contributed by atoms with Gasteiger partial charge < -0.3 is 24.2 Å². The minimum Gasteiger partial charge on any atom is -0.457 e. The van der Waals surface area contributed by atoms with Gasteiger partial charge in [-0.15, -0.1) is 0 Å². The number of hydrogen-bond donors (Lipinski definition) is 0. The van der Waals surface area contributed by atoms with Gasteiger partial charge in [-0.1, -0.05) is 158 Å². The Balaban J connectivity index is 0.918. The van der Waals surface area contributed by atoms with Gasteiger partial charge in [0.1, 0.15) is 23.0 Å². The Morgan fingerprint density at radius 2 is 0.507 bits per heavy atom. The summed E-state index contributed by atoms with van der Waals surface area (Å²) in [5.41, 5.74) is 9.12. The van der Waals surface area contributed by atoms with Gasteiger partial charge in [0.25, 0.3) is 0 Å². The molecule has 0 N–H and O–H groups in total. The quantitative estimate of drug-likeness (QED) is 0.0848. The summed E-state index contributed by atoms with van der Waals surface area (Å²) in [6.45, 7) is 0. The van der Waals surface area contributed by atoms with Gasteiger partial charge in [-0.25, -0.2) is 0 Å². The highest BCUT2D eigenvalue weighted by atomic mass is 16.5. The fourth-order valence-electron chi connectivity index (χ4n) is 10.5. The van der Waals surface area contributed by atoms with Gasteiger partial charge in [-0.3, -0.25) is 0 Å². The van der Waals surface area contributed by atoms with Crippen molar-refractivity contribution in [1.29, 1.82) is 0 Å². The van der Waals surface area contributed by atoms with E-state index in [0.29, 0.717) is 11.5 Å². The highest BCUT2D eigenvalue weighted by Crippen LogP contribution is 2.48. The largest absolute Gasteiger partial charge is 0.457 e. The van der Waals surface area contributed by atoms with Crippen molar-refractivity contribution >= 4 is 94.3 Å². The van der Waals surface area contributed by atoms with Gasteiger partial charge in [0, 0.05) is 75.2 Å². The fraction of sp³-hybridized carbons (Fsp3) is 0. The lowest BCUT2D eigenvalue weighted by molar-refractivity contribution is 0.483. The van der Waals surface area contributed by atoms with E-state index < -0.39 is 0 Å². The first kappa shape index (κ1) is 43.2. The topological polar surface area (TPSA) is 28.2 Å². The van der Waals surface area contributed by atoms with E-state index >= 15 is 0 Å². The van der Waals surface area contributed by atoms with Crippen LogP contribution in [0, 0.1) is 0 Å². The summed E-state index contributed by atoms with van der Waals surface area (Å²) in [4.78, 5) is 6.82. The van der Waals surface area contributed by atoms with E-state index in [0.717, 1.165) is 68.1 Å². The SMILES string of the molecule is c1ccc(N(c2ccccc2)c2cccc(Oc3cccc(N(c4cccc(Oc5cccc(N(c6ccccc6)c6ccccc6)c5)c4)c4ccc5c6cccc7cccc(c8cccc4c85)c76)c3)c2)cc1. The van der Waals surface area contributed by atoms with Crippen LogP contribution >= 0.6 is 0 Å². The zero-order valence-electron chi connectivity index (χ0n) is 39.8. The van der Waals surface area contributed by atoms with Crippen molar-refractivity contribution in [2.45, 2.75) is 0 Å². The molecule has 0 aromatic heterocycles. The molecule has 0 aliphatic rings. The summed E-state index contributed by atoms with van der Waals surface area (Å²) in [5.74, 6) is 2.87. The van der Waals surface area contributed by atoms with Gasteiger partial charge in [0.2, 0.25) is 0 Å². The van der Waals surface area contributed by atoms with Crippen LogP contribution in [0.5, 0.6) is 23.0 Å². The number of anilines is 9. The standard InChI is InChI=1S/C68H47N3O2/c1-5-22-49(23-6-1)69(50-24-7-2-8-25-50)53-30-15-34-57(44-53)72-59-36-17-32-55(46-59)71(66-43-42-64-62-39-14-21-48-20-13-38-61(67(48)62)63-40-19-41-65(66)68(63)64)56-33-18-37-60(47-56)73-58-35-16-31-54(45-58)70(51-26-9-3-10-27-51)52-28-11-4-12-29-52/h1-47H. The lowest BCUT2D eigenvalue weighted by atomic mass is 9.89. The molecule has 0 unspecified atom stereocenters. The average Bonchev–Trinajstić information content (AvgIpc) is 3.44. The summed E-state index contributed by atoms with van der Waals surface area (Å²) >= 11 is 0. The molecule has 13 rings (SSSR count). The van der Waals surface area contributed by atoms with Gasteiger partial charge >= 0.3 is 0 Å². The molecule has 0 bridgehead atoms. The summed E-state index contributed by atoms with van der Waals surface area (Å²) in [6, 6.07) is 99.6. The van der Waals surface area contributed by atoms with Gasteiger partial charge in [-0.05, 0) is 141 Å². The molecule has 13 aromatic carbocycles. The van der Waals surface area contributed by atoms with Crippen LogP contribution in [0.2, 0.25) is 0 Å². The fourth-order valence-corrected chi connectivity index (χ4v) is 10.5. The molecule has 13 aromatic rings. The number of hydrogen-bond acceptors (Lipinski definition) is 5. The highest BCUT2D eigenvalue weighted by Gasteiger charge is 2.22. The van der Waals surface area contributed by atoms with E-state index in [1.54, 1.807) is 0 Å². The predicted molar refractivity (Wildman–Crippen MR) is 305 cm³/mol. The highest BCUT2D eigenvalue weighted by molar-refractivity contribution is 6.34. The van der Waals surface area contributed by atoms with Gasteiger partial charge in [0.05, 0.1) is 5.69 Å². The van der Waals surface area contributed by atoms with Crippen LogP contribution in [0.4, 0.5) is 51.2 Å². The van der Waals surface area contributed by atoms with E-state index in [9.17, 15) is 0 Å². The molecule has 0 aliphatic carbocycles. The predicted octanol–water partition coefficient (Wildman–Crippen LogP) is 19.7. The normalized spacial score (nSPS) is 11.3. The summed E-state index contributed by atoms with van der Waals surface area (Å²) in [6.07, 6.45) is 0. The van der Waals surface area contributed by atoms with Crippen molar-refractivity contribution in [2.24, 2.45) is 0 Å². The second-order valence-electron chi connectivity index (χ2n) is 18.1. The zero-order valence-corrected chi connectivity index (χ0v) is 39.8. The maximum Gasteiger partial charge on any atom is 0.129 e.